The van der Waals surface area contributed by atoms with Crippen molar-refractivity contribution in [2.45, 2.75) is 13.3 Å². The SMILES string of the molecule is CCC(=O)NS.CNC(=O)CS. The highest BCUT2D eigenvalue weighted by Gasteiger charge is 1.85. The topological polar surface area (TPSA) is 58.2 Å². The zero-order chi connectivity index (χ0) is 9.98. The van der Waals surface area contributed by atoms with Crippen LogP contribution in [0.3, 0.4) is 0 Å². The van der Waals surface area contributed by atoms with Crippen molar-refractivity contribution in [1.82, 2.24) is 10.0 Å². The summed E-state index contributed by atoms with van der Waals surface area (Å²) in [5.41, 5.74) is 0. The van der Waals surface area contributed by atoms with E-state index in [0.717, 1.165) is 0 Å². The Morgan fingerprint density at radius 1 is 1.33 bits per heavy atom. The summed E-state index contributed by atoms with van der Waals surface area (Å²) in [7, 11) is 1.58. The third-order valence-electron chi connectivity index (χ3n) is 0.868. The number of hydrogen-bond acceptors (Lipinski definition) is 4. The average molecular weight is 210 g/mol. The normalized spacial score (nSPS) is 7.67. The van der Waals surface area contributed by atoms with Crippen LogP contribution in [0.15, 0.2) is 0 Å². The molecule has 0 saturated carbocycles. The summed E-state index contributed by atoms with van der Waals surface area (Å²) in [5, 5.41) is 2.40. The number of amides is 2. The summed E-state index contributed by atoms with van der Waals surface area (Å²) in [6.45, 7) is 1.77. The number of carbonyl (C=O) groups is 2. The first kappa shape index (κ1) is 14.2. The Morgan fingerprint density at radius 3 is 1.83 bits per heavy atom. The molecule has 0 radical (unpaired) electrons. The molecule has 0 aromatic rings. The third kappa shape index (κ3) is 12.3. The predicted molar refractivity (Wildman–Crippen MR) is 55.3 cm³/mol. The second kappa shape index (κ2) is 10.6. The molecule has 12 heavy (non-hydrogen) atoms. The van der Waals surface area contributed by atoms with Crippen LogP contribution in [0.2, 0.25) is 0 Å². The van der Waals surface area contributed by atoms with E-state index < -0.39 is 0 Å². The van der Waals surface area contributed by atoms with Crippen LogP contribution >= 0.6 is 25.4 Å². The summed E-state index contributed by atoms with van der Waals surface area (Å²) in [4.78, 5) is 20.0. The lowest BCUT2D eigenvalue weighted by atomic mass is 10.5. The van der Waals surface area contributed by atoms with Crippen molar-refractivity contribution in [1.29, 1.82) is 0 Å². The smallest absolute Gasteiger partial charge is 0.229 e. The van der Waals surface area contributed by atoms with Gasteiger partial charge in [0.1, 0.15) is 0 Å². The predicted octanol–water partition coefficient (Wildman–Crippen LogP) is 0.0196. The van der Waals surface area contributed by atoms with Crippen LogP contribution in [0, 0.1) is 0 Å². The number of hydrogen-bond donors (Lipinski definition) is 4. The maximum absolute atomic E-state index is 9.99. The summed E-state index contributed by atoms with van der Waals surface area (Å²) >= 11 is 7.18. The molecule has 0 bridgehead atoms. The second-order valence-corrected chi connectivity index (χ2v) is 2.26. The van der Waals surface area contributed by atoms with Crippen molar-refractivity contribution >= 4 is 37.3 Å². The maximum atomic E-state index is 9.99. The highest BCUT2D eigenvalue weighted by Crippen LogP contribution is 1.72. The second-order valence-electron chi connectivity index (χ2n) is 1.72. The summed E-state index contributed by atoms with van der Waals surface area (Å²) in [5.74, 6) is 0.188. The molecule has 0 aliphatic rings. The van der Waals surface area contributed by atoms with Gasteiger partial charge in [-0.3, -0.25) is 9.59 Å². The van der Waals surface area contributed by atoms with E-state index in [2.05, 4.69) is 35.5 Å². The highest BCUT2D eigenvalue weighted by atomic mass is 32.1. The van der Waals surface area contributed by atoms with Crippen molar-refractivity contribution in [2.75, 3.05) is 12.8 Å². The van der Waals surface area contributed by atoms with Crippen LogP contribution in [0.5, 0.6) is 0 Å². The van der Waals surface area contributed by atoms with Gasteiger partial charge in [0.2, 0.25) is 11.8 Å². The van der Waals surface area contributed by atoms with E-state index in [0.29, 0.717) is 6.42 Å². The number of rotatable bonds is 2. The minimum atomic E-state index is -0.0432. The van der Waals surface area contributed by atoms with Gasteiger partial charge in [0.15, 0.2) is 0 Å². The van der Waals surface area contributed by atoms with Crippen molar-refractivity contribution in [2.24, 2.45) is 0 Å². The van der Waals surface area contributed by atoms with E-state index in [1.54, 1.807) is 14.0 Å². The molecule has 0 aliphatic carbocycles. The van der Waals surface area contributed by atoms with Gasteiger partial charge in [0.05, 0.1) is 5.75 Å². The Balaban J connectivity index is 0. The van der Waals surface area contributed by atoms with Gasteiger partial charge in [-0.05, 0) is 0 Å². The number of thiol groups is 2. The number of carbonyl (C=O) groups excluding carboxylic acids is 2. The van der Waals surface area contributed by atoms with Gasteiger partial charge in [0.25, 0.3) is 0 Å². The van der Waals surface area contributed by atoms with Crippen LogP contribution in [0.1, 0.15) is 13.3 Å². The molecule has 0 saturated heterocycles. The van der Waals surface area contributed by atoms with E-state index in [1.165, 1.54) is 0 Å². The Bertz CT molecular complexity index is 114. The molecular weight excluding hydrogens is 196 g/mol. The van der Waals surface area contributed by atoms with Gasteiger partial charge in [0, 0.05) is 13.5 Å². The Labute approximate surface area is 83.4 Å². The van der Waals surface area contributed by atoms with Gasteiger partial charge < -0.3 is 10.0 Å². The van der Waals surface area contributed by atoms with Gasteiger partial charge in [-0.2, -0.15) is 12.6 Å². The average Bonchev–Trinajstić information content (AvgIpc) is 2.16. The molecule has 2 amide bonds. The van der Waals surface area contributed by atoms with Crippen molar-refractivity contribution in [3.05, 3.63) is 0 Å². The van der Waals surface area contributed by atoms with E-state index in [9.17, 15) is 9.59 Å². The van der Waals surface area contributed by atoms with Crippen molar-refractivity contribution in [3.8, 4) is 0 Å². The fraction of sp³-hybridized carbons (Fsp3) is 0.667. The summed E-state index contributed by atoms with van der Waals surface area (Å²) in [6.07, 6.45) is 0.503. The Kier molecular flexibility index (Phi) is 12.6. The largest absolute Gasteiger partial charge is 0.358 e. The molecule has 0 heterocycles. The maximum Gasteiger partial charge on any atom is 0.229 e. The van der Waals surface area contributed by atoms with E-state index >= 15 is 0 Å². The Morgan fingerprint density at radius 2 is 1.83 bits per heavy atom. The molecule has 6 heteroatoms. The zero-order valence-corrected chi connectivity index (χ0v) is 8.91. The molecule has 2 N–H and O–H groups in total. The molecule has 0 unspecified atom stereocenters. The van der Waals surface area contributed by atoms with E-state index in [1.807, 2.05) is 0 Å². The third-order valence-corrected chi connectivity index (χ3v) is 1.40. The number of nitrogens with one attached hydrogen (secondary N) is 2. The first-order valence-electron chi connectivity index (χ1n) is 3.36. The zero-order valence-electron chi connectivity index (χ0n) is 7.13. The molecule has 0 aliphatic heterocycles. The van der Waals surface area contributed by atoms with E-state index in [4.69, 9.17) is 0 Å². The van der Waals surface area contributed by atoms with Crippen LogP contribution in [-0.2, 0) is 9.59 Å². The monoisotopic (exact) mass is 210 g/mol. The fourth-order valence-corrected chi connectivity index (χ4v) is 0.474. The molecule has 0 atom stereocenters. The van der Waals surface area contributed by atoms with E-state index in [-0.39, 0.29) is 17.6 Å². The van der Waals surface area contributed by atoms with Crippen LogP contribution in [-0.4, -0.2) is 24.6 Å². The molecule has 0 spiro atoms. The molecule has 0 rings (SSSR count). The summed E-state index contributed by atoms with van der Waals surface area (Å²) in [6, 6.07) is 0. The molecule has 0 fully saturated rings. The van der Waals surface area contributed by atoms with Crippen LogP contribution in [0.25, 0.3) is 0 Å². The molecular formula is C6H14N2O2S2. The highest BCUT2D eigenvalue weighted by molar-refractivity contribution is 7.81. The molecule has 0 aromatic carbocycles. The standard InChI is InChI=1S/2C3H7NOS/c1-4-3(5)2-6;1-2-3(5)4-6/h2*6H,2H2,1H3,(H,4,5). The first-order chi connectivity index (χ1) is 5.62. The van der Waals surface area contributed by atoms with Gasteiger partial charge >= 0.3 is 0 Å². The lowest BCUT2D eigenvalue weighted by molar-refractivity contribution is -0.119. The minimum absolute atomic E-state index is 0.0432. The fourth-order valence-electron chi connectivity index (χ4n) is 0.158. The molecule has 4 nitrogen and oxygen atoms in total. The quantitative estimate of drug-likeness (QED) is 0.486. The lowest BCUT2D eigenvalue weighted by Crippen LogP contribution is -2.18. The van der Waals surface area contributed by atoms with Crippen molar-refractivity contribution < 1.29 is 9.59 Å². The van der Waals surface area contributed by atoms with Crippen molar-refractivity contribution in [3.63, 3.8) is 0 Å². The van der Waals surface area contributed by atoms with Crippen LogP contribution in [0.4, 0.5) is 0 Å². The van der Waals surface area contributed by atoms with Gasteiger partial charge in [-0.1, -0.05) is 19.7 Å². The lowest BCUT2D eigenvalue weighted by Gasteiger charge is -1.86. The minimum Gasteiger partial charge on any atom is -0.358 e. The van der Waals surface area contributed by atoms with Crippen LogP contribution < -0.4 is 10.0 Å². The molecule has 72 valence electrons. The first-order valence-corrected chi connectivity index (χ1v) is 4.44. The van der Waals surface area contributed by atoms with Gasteiger partial charge in [-0.15, -0.1) is 0 Å². The molecule has 0 aromatic heterocycles. The van der Waals surface area contributed by atoms with Gasteiger partial charge in [-0.25, -0.2) is 0 Å². The Hall–Kier alpha value is -0.360. The summed E-state index contributed by atoms with van der Waals surface area (Å²) < 4.78 is 2.17.